The first-order chi connectivity index (χ1) is 8.50. The van der Waals surface area contributed by atoms with Crippen LogP contribution in [0.5, 0.6) is 0 Å². The van der Waals surface area contributed by atoms with Gasteiger partial charge in [0.15, 0.2) is 9.84 Å². The predicted molar refractivity (Wildman–Crippen MR) is 78.2 cm³/mol. The molecule has 1 aliphatic heterocycles. The molecule has 0 aromatic heterocycles. The van der Waals surface area contributed by atoms with E-state index in [4.69, 9.17) is 0 Å². The van der Waals surface area contributed by atoms with Crippen LogP contribution in [-0.4, -0.2) is 41.1 Å². The van der Waals surface area contributed by atoms with Crippen molar-refractivity contribution >= 4 is 32.7 Å². The van der Waals surface area contributed by atoms with Crippen LogP contribution in [0.25, 0.3) is 0 Å². The molecule has 18 heavy (non-hydrogen) atoms. The summed E-state index contributed by atoms with van der Waals surface area (Å²) < 4.78 is 26.3. The Balaban J connectivity index is 2.09. The van der Waals surface area contributed by atoms with Gasteiger partial charge in [0.2, 0.25) is 0 Å². The summed E-state index contributed by atoms with van der Waals surface area (Å²) in [7, 11) is -3.40. The Kier molecular flexibility index (Phi) is 4.63. The van der Waals surface area contributed by atoms with Gasteiger partial charge in [-0.2, -0.15) is 0 Å². The van der Waals surface area contributed by atoms with E-state index in [0.29, 0.717) is 0 Å². The van der Waals surface area contributed by atoms with Gasteiger partial charge in [-0.05, 0) is 25.0 Å². The summed E-state index contributed by atoms with van der Waals surface area (Å²) in [5.41, 5.74) is 0. The van der Waals surface area contributed by atoms with Gasteiger partial charge in [-0.15, -0.1) is 0 Å². The van der Waals surface area contributed by atoms with E-state index in [0.717, 1.165) is 19.4 Å². The quantitative estimate of drug-likeness (QED) is 0.637. The number of hydrogen-bond donors (Lipinski definition) is 1. The van der Waals surface area contributed by atoms with Crippen molar-refractivity contribution in [1.29, 1.82) is 0 Å². The Morgan fingerprint density at radius 2 is 2.06 bits per heavy atom. The van der Waals surface area contributed by atoms with Crippen LogP contribution in [-0.2, 0) is 9.84 Å². The van der Waals surface area contributed by atoms with E-state index in [1.165, 1.54) is 0 Å². The third kappa shape index (κ3) is 3.23. The summed E-state index contributed by atoms with van der Waals surface area (Å²) >= 11 is 2.15. The fraction of sp³-hybridized carbons (Fsp3) is 0.500. The van der Waals surface area contributed by atoms with Gasteiger partial charge in [-0.25, -0.2) is 11.5 Å². The molecule has 4 nitrogen and oxygen atoms in total. The molecule has 2 atom stereocenters. The van der Waals surface area contributed by atoms with Crippen LogP contribution >= 0.6 is 22.9 Å². The molecule has 0 bridgehead atoms. The van der Waals surface area contributed by atoms with Gasteiger partial charge in [-0.1, -0.05) is 18.2 Å². The normalized spacial score (nSPS) is 23.1. The highest BCUT2D eigenvalue weighted by Crippen LogP contribution is 2.25. The molecule has 1 N–H and O–H groups in total. The lowest BCUT2D eigenvalue weighted by Crippen LogP contribution is -2.38. The van der Waals surface area contributed by atoms with E-state index in [2.05, 4.69) is 22.9 Å². The number of aliphatic hydroxyl groups excluding tert-OH is 1. The molecule has 1 heterocycles. The monoisotopic (exact) mass is 381 g/mol. The Labute approximate surface area is 121 Å². The van der Waals surface area contributed by atoms with Gasteiger partial charge in [0.05, 0.1) is 16.8 Å². The lowest BCUT2D eigenvalue weighted by Gasteiger charge is -2.23. The molecule has 1 aromatic rings. The minimum absolute atomic E-state index is 0.0518. The Morgan fingerprint density at radius 1 is 1.39 bits per heavy atom. The molecule has 1 aromatic carbocycles. The number of halogens is 1. The maximum absolute atomic E-state index is 12.1. The van der Waals surface area contributed by atoms with E-state index in [-0.39, 0.29) is 16.7 Å². The van der Waals surface area contributed by atoms with E-state index in [1.807, 2.05) is 3.11 Å². The van der Waals surface area contributed by atoms with Crippen LogP contribution < -0.4 is 0 Å². The highest BCUT2D eigenvalue weighted by Gasteiger charge is 2.32. The molecule has 2 rings (SSSR count). The van der Waals surface area contributed by atoms with Crippen LogP contribution in [0.3, 0.4) is 0 Å². The maximum Gasteiger partial charge on any atom is 0.180 e. The summed E-state index contributed by atoms with van der Waals surface area (Å²) in [6, 6.07) is 8.25. The summed E-state index contributed by atoms with van der Waals surface area (Å²) in [6.45, 7) is 0.910. The van der Waals surface area contributed by atoms with E-state index in [1.54, 1.807) is 30.3 Å². The standard InChI is InChI=1S/C12H16INO3S/c13-14-8-4-7-11(14)12(15)9-18(16,17)10-5-2-1-3-6-10/h1-3,5-6,11-12,15H,4,7-9H2/t11-,12+/m1/s1. The molecule has 1 saturated heterocycles. The number of nitrogens with zero attached hydrogens (tertiary/aromatic N) is 1. The molecule has 100 valence electrons. The minimum atomic E-state index is -3.40. The minimum Gasteiger partial charge on any atom is -0.390 e. The average Bonchev–Trinajstić information content (AvgIpc) is 2.76. The molecule has 0 spiro atoms. The lowest BCUT2D eigenvalue weighted by molar-refractivity contribution is 0.136. The molecule has 0 amide bonds. The topological polar surface area (TPSA) is 57.6 Å². The van der Waals surface area contributed by atoms with E-state index >= 15 is 0 Å². The van der Waals surface area contributed by atoms with Crippen LogP contribution in [0.15, 0.2) is 35.2 Å². The second kappa shape index (κ2) is 5.85. The molecule has 0 radical (unpaired) electrons. The van der Waals surface area contributed by atoms with Crippen LogP contribution in [0, 0.1) is 0 Å². The van der Waals surface area contributed by atoms with Crippen molar-refractivity contribution in [3.05, 3.63) is 30.3 Å². The van der Waals surface area contributed by atoms with Gasteiger partial charge in [0.1, 0.15) is 0 Å². The molecule has 0 aliphatic carbocycles. The van der Waals surface area contributed by atoms with Crippen molar-refractivity contribution in [1.82, 2.24) is 3.11 Å². The zero-order chi connectivity index (χ0) is 13.2. The number of rotatable bonds is 4. The van der Waals surface area contributed by atoms with Gasteiger partial charge >= 0.3 is 0 Å². The molecule has 1 aliphatic rings. The second-order valence-corrected chi connectivity index (χ2v) is 7.77. The zero-order valence-electron chi connectivity index (χ0n) is 9.87. The Hall–Kier alpha value is -0.180. The van der Waals surface area contributed by atoms with Crippen LogP contribution in [0.2, 0.25) is 0 Å². The average molecular weight is 381 g/mol. The Morgan fingerprint density at radius 3 is 2.61 bits per heavy atom. The highest BCUT2D eigenvalue weighted by atomic mass is 127. The number of aliphatic hydroxyl groups is 1. The summed E-state index contributed by atoms with van der Waals surface area (Å²) in [5, 5.41) is 10.1. The molecular weight excluding hydrogens is 365 g/mol. The lowest BCUT2D eigenvalue weighted by atomic mass is 10.1. The van der Waals surface area contributed by atoms with Crippen molar-refractivity contribution in [2.45, 2.75) is 29.9 Å². The smallest absolute Gasteiger partial charge is 0.180 e. The first-order valence-corrected chi connectivity index (χ1v) is 8.51. The molecule has 1 fully saturated rings. The second-order valence-electron chi connectivity index (χ2n) is 4.49. The van der Waals surface area contributed by atoms with Gasteiger partial charge in [0.25, 0.3) is 0 Å². The third-order valence-corrected chi connectivity index (χ3v) is 6.14. The Bertz CT molecular complexity index is 491. The van der Waals surface area contributed by atoms with Gasteiger partial charge in [0, 0.05) is 35.5 Å². The molecule has 6 heteroatoms. The first kappa shape index (κ1) is 14.2. The van der Waals surface area contributed by atoms with E-state index in [9.17, 15) is 13.5 Å². The highest BCUT2D eigenvalue weighted by molar-refractivity contribution is 14.1. The fourth-order valence-electron chi connectivity index (χ4n) is 2.20. The predicted octanol–water partition coefficient (Wildman–Crippen LogP) is 1.64. The van der Waals surface area contributed by atoms with Gasteiger partial charge < -0.3 is 5.11 Å². The first-order valence-electron chi connectivity index (χ1n) is 5.89. The van der Waals surface area contributed by atoms with Gasteiger partial charge in [-0.3, -0.25) is 0 Å². The number of hydrogen-bond acceptors (Lipinski definition) is 4. The summed E-state index contributed by atoms with van der Waals surface area (Å²) in [4.78, 5) is 0.280. The molecule has 0 unspecified atom stereocenters. The number of sulfone groups is 1. The fourth-order valence-corrected chi connectivity index (χ4v) is 4.62. The van der Waals surface area contributed by atoms with Crippen molar-refractivity contribution in [3.8, 4) is 0 Å². The molecule has 0 saturated carbocycles. The van der Waals surface area contributed by atoms with Crippen LogP contribution in [0.4, 0.5) is 0 Å². The number of benzene rings is 1. The zero-order valence-corrected chi connectivity index (χ0v) is 12.8. The van der Waals surface area contributed by atoms with E-state index < -0.39 is 15.9 Å². The summed E-state index contributed by atoms with van der Waals surface area (Å²) in [5.74, 6) is -0.207. The molecular formula is C12H16INO3S. The third-order valence-electron chi connectivity index (χ3n) is 3.17. The maximum atomic E-state index is 12.1. The summed E-state index contributed by atoms with van der Waals surface area (Å²) in [6.07, 6.45) is 1.04. The van der Waals surface area contributed by atoms with Crippen molar-refractivity contribution in [2.75, 3.05) is 12.3 Å². The largest absolute Gasteiger partial charge is 0.390 e. The van der Waals surface area contributed by atoms with Crippen molar-refractivity contribution < 1.29 is 13.5 Å². The van der Waals surface area contributed by atoms with Crippen LogP contribution in [0.1, 0.15) is 12.8 Å². The SMILES string of the molecule is O=S(=O)(C[C@H](O)[C@H]1CCCN1I)c1ccccc1. The van der Waals surface area contributed by atoms with Crippen molar-refractivity contribution in [2.24, 2.45) is 0 Å². The van der Waals surface area contributed by atoms with Crippen molar-refractivity contribution in [3.63, 3.8) is 0 Å².